The number of thiophene rings is 1. The third-order valence-corrected chi connectivity index (χ3v) is 4.61. The van der Waals surface area contributed by atoms with Crippen molar-refractivity contribution in [3.8, 4) is 17.2 Å². The number of esters is 1. The Morgan fingerprint density at radius 1 is 1.31 bits per heavy atom. The molecule has 0 aliphatic carbocycles. The number of fused-ring (bicyclic) bond motifs is 1. The van der Waals surface area contributed by atoms with Crippen molar-refractivity contribution >= 4 is 23.2 Å². The Morgan fingerprint density at radius 3 is 2.85 bits per heavy atom. The summed E-state index contributed by atoms with van der Waals surface area (Å²) in [4.78, 5) is 25.5. The molecule has 8 heteroatoms. The quantitative estimate of drug-likeness (QED) is 0.779. The minimum atomic E-state index is -0.929. The summed E-state index contributed by atoms with van der Waals surface area (Å²) in [6, 6.07) is 6.86. The van der Waals surface area contributed by atoms with Crippen LogP contribution >= 0.6 is 11.3 Å². The summed E-state index contributed by atoms with van der Waals surface area (Å²) in [6.07, 6.45) is -0.929. The van der Waals surface area contributed by atoms with Crippen LogP contribution in [0.4, 0.5) is 0 Å². The minimum absolute atomic E-state index is 0.226. The lowest BCUT2D eigenvalue weighted by Crippen LogP contribution is -2.35. The minimum Gasteiger partial charge on any atom is -0.493 e. The van der Waals surface area contributed by atoms with E-state index in [1.54, 1.807) is 11.3 Å². The number of benzene rings is 1. The largest absolute Gasteiger partial charge is 0.493 e. The molecule has 1 N–H and O–H groups in total. The molecule has 1 aliphatic heterocycles. The second-order valence-electron chi connectivity index (χ2n) is 5.55. The monoisotopic (exact) mass is 377 g/mol. The zero-order valence-electron chi connectivity index (χ0n) is 14.4. The summed E-state index contributed by atoms with van der Waals surface area (Å²) < 4.78 is 21.5. The average Bonchev–Trinajstić information content (AvgIpc) is 3.18. The number of nitrogens with one attached hydrogen (secondary N) is 1. The van der Waals surface area contributed by atoms with Crippen molar-refractivity contribution in [2.75, 3.05) is 20.3 Å². The van der Waals surface area contributed by atoms with E-state index in [-0.39, 0.29) is 11.5 Å². The predicted molar refractivity (Wildman–Crippen MR) is 95.0 cm³/mol. The van der Waals surface area contributed by atoms with Gasteiger partial charge in [-0.1, -0.05) is 6.07 Å². The highest BCUT2D eigenvalue weighted by molar-refractivity contribution is 7.09. The number of rotatable bonds is 6. The van der Waals surface area contributed by atoms with Gasteiger partial charge in [-0.05, 0) is 30.5 Å². The Bertz CT molecular complexity index is 772. The molecule has 2 heterocycles. The van der Waals surface area contributed by atoms with Gasteiger partial charge < -0.3 is 24.3 Å². The molecule has 0 fully saturated rings. The van der Waals surface area contributed by atoms with Crippen molar-refractivity contribution in [3.05, 3.63) is 40.1 Å². The fraction of sp³-hybridized carbons (Fsp3) is 0.333. The number of carbonyl (C=O) groups is 2. The lowest BCUT2D eigenvalue weighted by Gasteiger charge is -2.21. The van der Waals surface area contributed by atoms with Crippen LogP contribution in [0.3, 0.4) is 0 Å². The van der Waals surface area contributed by atoms with Crippen LogP contribution in [0.25, 0.3) is 0 Å². The fourth-order valence-corrected chi connectivity index (χ4v) is 3.05. The Morgan fingerprint density at radius 2 is 2.12 bits per heavy atom. The van der Waals surface area contributed by atoms with E-state index in [1.807, 2.05) is 17.5 Å². The first kappa shape index (κ1) is 18.1. The van der Waals surface area contributed by atoms with Gasteiger partial charge in [0.25, 0.3) is 5.91 Å². The summed E-state index contributed by atoms with van der Waals surface area (Å²) in [5.74, 6) is 0.244. The van der Waals surface area contributed by atoms with E-state index in [2.05, 4.69) is 5.32 Å². The number of carbonyl (C=O) groups excluding carboxylic acids is 2. The van der Waals surface area contributed by atoms with Crippen molar-refractivity contribution in [1.29, 1.82) is 0 Å². The van der Waals surface area contributed by atoms with Gasteiger partial charge in [0.15, 0.2) is 17.6 Å². The van der Waals surface area contributed by atoms with Gasteiger partial charge in [0, 0.05) is 4.88 Å². The van der Waals surface area contributed by atoms with Crippen LogP contribution in [0.2, 0.25) is 0 Å². The number of amides is 1. The highest BCUT2D eigenvalue weighted by Crippen LogP contribution is 2.40. The van der Waals surface area contributed by atoms with Gasteiger partial charge in [-0.2, -0.15) is 0 Å². The molecule has 0 radical (unpaired) electrons. The van der Waals surface area contributed by atoms with Gasteiger partial charge in [0.2, 0.25) is 5.75 Å². The van der Waals surface area contributed by atoms with E-state index in [0.717, 1.165) is 4.88 Å². The zero-order valence-corrected chi connectivity index (χ0v) is 15.3. The lowest BCUT2D eigenvalue weighted by atomic mass is 10.1. The van der Waals surface area contributed by atoms with Gasteiger partial charge in [0.1, 0.15) is 13.2 Å². The molecule has 138 valence electrons. The maximum atomic E-state index is 12.4. The van der Waals surface area contributed by atoms with Crippen LogP contribution in [0, 0.1) is 0 Å². The highest BCUT2D eigenvalue weighted by Gasteiger charge is 2.24. The molecule has 0 saturated heterocycles. The lowest BCUT2D eigenvalue weighted by molar-refractivity contribution is -0.129. The van der Waals surface area contributed by atoms with Crippen LogP contribution in [-0.2, 0) is 16.1 Å². The first-order valence-corrected chi connectivity index (χ1v) is 8.95. The highest BCUT2D eigenvalue weighted by atomic mass is 32.1. The molecular weight excluding hydrogens is 358 g/mol. The summed E-state index contributed by atoms with van der Waals surface area (Å²) in [5.41, 5.74) is 0.226. The molecule has 0 bridgehead atoms. The smallest absolute Gasteiger partial charge is 0.339 e. The molecule has 3 rings (SSSR count). The second-order valence-corrected chi connectivity index (χ2v) is 6.58. The average molecular weight is 377 g/mol. The van der Waals surface area contributed by atoms with E-state index < -0.39 is 12.1 Å². The zero-order chi connectivity index (χ0) is 18.5. The van der Waals surface area contributed by atoms with E-state index in [4.69, 9.17) is 18.9 Å². The molecule has 1 amide bonds. The normalized spacial score (nSPS) is 13.6. The molecule has 1 aromatic heterocycles. The summed E-state index contributed by atoms with van der Waals surface area (Å²) >= 11 is 1.54. The van der Waals surface area contributed by atoms with E-state index in [1.165, 1.54) is 26.2 Å². The number of hydrogen-bond acceptors (Lipinski definition) is 7. The van der Waals surface area contributed by atoms with Gasteiger partial charge in [-0.3, -0.25) is 4.79 Å². The summed E-state index contributed by atoms with van der Waals surface area (Å²) in [7, 11) is 1.48. The maximum absolute atomic E-state index is 12.4. The first-order chi connectivity index (χ1) is 12.6. The molecule has 1 aromatic carbocycles. The standard InChI is InChI=1S/C18H19NO6S/c1-11(17(20)19-10-13-4-3-7-26-13)25-18(21)12-8-14(22-2)16-15(9-12)23-5-6-24-16/h3-4,7-9,11H,5-6,10H2,1-2H3,(H,19,20)/t11-/m0/s1. The first-order valence-electron chi connectivity index (χ1n) is 8.07. The van der Waals surface area contributed by atoms with Gasteiger partial charge >= 0.3 is 5.97 Å². The number of hydrogen-bond donors (Lipinski definition) is 1. The van der Waals surface area contributed by atoms with Crippen molar-refractivity contribution in [2.24, 2.45) is 0 Å². The third-order valence-electron chi connectivity index (χ3n) is 3.73. The van der Waals surface area contributed by atoms with Crippen molar-refractivity contribution in [3.63, 3.8) is 0 Å². The summed E-state index contributed by atoms with van der Waals surface area (Å²) in [5, 5.41) is 4.67. The predicted octanol–water partition coefficient (Wildman–Crippen LogP) is 2.39. The molecule has 2 aromatic rings. The Kier molecular flexibility index (Phi) is 5.62. The Balaban J connectivity index is 1.64. The molecule has 0 unspecified atom stereocenters. The SMILES string of the molecule is COc1cc(C(=O)O[C@@H](C)C(=O)NCc2cccs2)cc2c1OCCO2. The third kappa shape index (κ3) is 4.08. The van der Waals surface area contributed by atoms with E-state index in [0.29, 0.717) is 37.0 Å². The Hall–Kier alpha value is -2.74. The molecule has 0 spiro atoms. The maximum Gasteiger partial charge on any atom is 0.339 e. The fourth-order valence-electron chi connectivity index (χ4n) is 2.40. The topological polar surface area (TPSA) is 83.1 Å². The van der Waals surface area contributed by atoms with Crippen molar-refractivity contribution < 1.29 is 28.5 Å². The van der Waals surface area contributed by atoms with Gasteiger partial charge in [-0.15, -0.1) is 11.3 Å². The van der Waals surface area contributed by atoms with Crippen LogP contribution in [0.5, 0.6) is 17.2 Å². The molecule has 26 heavy (non-hydrogen) atoms. The Labute approximate surface area is 154 Å². The number of ether oxygens (including phenoxy) is 4. The van der Waals surface area contributed by atoms with Crippen LogP contribution in [0.1, 0.15) is 22.2 Å². The van der Waals surface area contributed by atoms with E-state index in [9.17, 15) is 9.59 Å². The summed E-state index contributed by atoms with van der Waals surface area (Å²) in [6.45, 7) is 2.72. The molecule has 0 saturated carbocycles. The van der Waals surface area contributed by atoms with Crippen LogP contribution < -0.4 is 19.5 Å². The van der Waals surface area contributed by atoms with Crippen LogP contribution in [0.15, 0.2) is 29.6 Å². The molecular formula is C18H19NO6S. The molecule has 1 aliphatic rings. The second kappa shape index (κ2) is 8.09. The molecule has 1 atom stereocenters. The number of methoxy groups -OCH3 is 1. The van der Waals surface area contributed by atoms with Crippen molar-refractivity contribution in [1.82, 2.24) is 5.32 Å². The van der Waals surface area contributed by atoms with Crippen molar-refractivity contribution in [2.45, 2.75) is 19.6 Å². The van der Waals surface area contributed by atoms with Crippen LogP contribution in [-0.4, -0.2) is 38.3 Å². The van der Waals surface area contributed by atoms with Gasteiger partial charge in [-0.25, -0.2) is 4.79 Å². The van der Waals surface area contributed by atoms with E-state index >= 15 is 0 Å². The molecule has 7 nitrogen and oxygen atoms in total. The van der Waals surface area contributed by atoms with Gasteiger partial charge in [0.05, 0.1) is 19.2 Å².